The van der Waals surface area contributed by atoms with E-state index in [0.717, 1.165) is 38.0 Å². The Labute approximate surface area is 120 Å². The van der Waals surface area contributed by atoms with E-state index in [-0.39, 0.29) is 0 Å². The molecular weight excluding hydrogens is 254 g/mol. The molecule has 3 unspecified atom stereocenters. The van der Waals surface area contributed by atoms with Crippen LogP contribution in [0.3, 0.4) is 0 Å². The number of amides is 1. The molecule has 0 aromatic carbocycles. The summed E-state index contributed by atoms with van der Waals surface area (Å²) in [4.78, 5) is 17.2. The molecule has 1 amide bonds. The number of likely N-dealkylation sites (tertiary alicyclic amines) is 1. The van der Waals surface area contributed by atoms with Crippen molar-refractivity contribution in [1.82, 2.24) is 9.88 Å². The van der Waals surface area contributed by atoms with Crippen LogP contribution in [0.15, 0.2) is 18.2 Å². The van der Waals surface area contributed by atoms with Crippen molar-refractivity contribution in [1.29, 1.82) is 0 Å². The van der Waals surface area contributed by atoms with E-state index in [0.29, 0.717) is 17.8 Å². The fourth-order valence-corrected chi connectivity index (χ4v) is 2.55. The number of pyridine rings is 1. The Hall–Kier alpha value is -1.62. The Morgan fingerprint density at radius 3 is 2.95 bits per heavy atom. The average molecular weight is 277 g/mol. The standard InChI is InChI=1S/C15H23N3O2/c1-11-6-7-13(8-9-18(11)10-19)16-15-5-3-4-14(17-15)12(2)20/h3-5,10-13,20H,6-9H2,1-2H3,(H,16,17). The molecule has 1 saturated heterocycles. The molecule has 2 heterocycles. The number of hydrogen-bond acceptors (Lipinski definition) is 4. The minimum absolute atomic E-state index is 0.302. The molecule has 0 aliphatic carbocycles. The maximum absolute atomic E-state index is 11.0. The van der Waals surface area contributed by atoms with Crippen molar-refractivity contribution in [3.05, 3.63) is 23.9 Å². The first-order chi connectivity index (χ1) is 9.60. The van der Waals surface area contributed by atoms with Crippen LogP contribution < -0.4 is 5.32 Å². The van der Waals surface area contributed by atoms with Gasteiger partial charge in [-0.1, -0.05) is 6.07 Å². The molecule has 20 heavy (non-hydrogen) atoms. The lowest BCUT2D eigenvalue weighted by Gasteiger charge is -2.21. The fourth-order valence-electron chi connectivity index (χ4n) is 2.55. The molecule has 5 nitrogen and oxygen atoms in total. The first-order valence-electron chi connectivity index (χ1n) is 7.22. The van der Waals surface area contributed by atoms with Gasteiger partial charge in [-0.25, -0.2) is 4.98 Å². The molecule has 3 atom stereocenters. The highest BCUT2D eigenvalue weighted by Crippen LogP contribution is 2.20. The summed E-state index contributed by atoms with van der Waals surface area (Å²) in [6.07, 6.45) is 3.32. The van der Waals surface area contributed by atoms with Gasteiger partial charge in [0.05, 0.1) is 11.8 Å². The number of hydrogen-bond donors (Lipinski definition) is 2. The third-order valence-corrected chi connectivity index (χ3v) is 3.92. The molecule has 1 aliphatic heterocycles. The van der Waals surface area contributed by atoms with Crippen molar-refractivity contribution >= 4 is 12.2 Å². The van der Waals surface area contributed by atoms with Crippen LogP contribution in [-0.4, -0.2) is 40.0 Å². The minimum Gasteiger partial charge on any atom is -0.387 e. The van der Waals surface area contributed by atoms with Crippen molar-refractivity contribution in [2.75, 3.05) is 11.9 Å². The molecule has 1 fully saturated rings. The van der Waals surface area contributed by atoms with Gasteiger partial charge in [-0.15, -0.1) is 0 Å². The van der Waals surface area contributed by atoms with Gasteiger partial charge in [-0.05, 0) is 45.2 Å². The van der Waals surface area contributed by atoms with Crippen molar-refractivity contribution in [2.45, 2.75) is 51.3 Å². The zero-order valence-corrected chi connectivity index (χ0v) is 12.1. The van der Waals surface area contributed by atoms with Crippen molar-refractivity contribution in [2.24, 2.45) is 0 Å². The lowest BCUT2D eigenvalue weighted by atomic mass is 10.1. The predicted molar refractivity (Wildman–Crippen MR) is 78.4 cm³/mol. The first-order valence-corrected chi connectivity index (χ1v) is 7.22. The summed E-state index contributed by atoms with van der Waals surface area (Å²) in [5.74, 6) is 0.792. The molecule has 1 aromatic heterocycles. The van der Waals surface area contributed by atoms with Gasteiger partial charge in [-0.3, -0.25) is 4.79 Å². The van der Waals surface area contributed by atoms with E-state index >= 15 is 0 Å². The summed E-state index contributed by atoms with van der Waals surface area (Å²) < 4.78 is 0. The third kappa shape index (κ3) is 3.70. The van der Waals surface area contributed by atoms with Gasteiger partial charge < -0.3 is 15.3 Å². The Balaban J connectivity index is 1.99. The molecule has 2 N–H and O–H groups in total. The Morgan fingerprint density at radius 1 is 1.45 bits per heavy atom. The molecule has 110 valence electrons. The number of nitrogens with zero attached hydrogens (tertiary/aromatic N) is 2. The molecule has 0 bridgehead atoms. The van der Waals surface area contributed by atoms with E-state index in [1.165, 1.54) is 0 Å². The molecule has 1 aromatic rings. The van der Waals surface area contributed by atoms with E-state index in [1.54, 1.807) is 6.92 Å². The first kappa shape index (κ1) is 14.8. The van der Waals surface area contributed by atoms with Crippen LogP contribution >= 0.6 is 0 Å². The van der Waals surface area contributed by atoms with Crippen LogP contribution in [-0.2, 0) is 4.79 Å². The maximum Gasteiger partial charge on any atom is 0.209 e. The maximum atomic E-state index is 11.0. The second kappa shape index (κ2) is 6.70. The second-order valence-electron chi connectivity index (χ2n) is 5.52. The summed E-state index contributed by atoms with van der Waals surface area (Å²) in [6.45, 7) is 4.57. The van der Waals surface area contributed by atoms with Crippen LogP contribution in [0.5, 0.6) is 0 Å². The lowest BCUT2D eigenvalue weighted by molar-refractivity contribution is -0.119. The monoisotopic (exact) mass is 277 g/mol. The summed E-state index contributed by atoms with van der Waals surface area (Å²) in [6, 6.07) is 6.25. The van der Waals surface area contributed by atoms with E-state index in [4.69, 9.17) is 0 Å². The smallest absolute Gasteiger partial charge is 0.209 e. The summed E-state index contributed by atoms with van der Waals surface area (Å²) in [7, 11) is 0. The van der Waals surface area contributed by atoms with Gasteiger partial charge >= 0.3 is 0 Å². The van der Waals surface area contributed by atoms with Crippen LogP contribution in [0.1, 0.15) is 44.9 Å². The van der Waals surface area contributed by atoms with Crippen molar-refractivity contribution in [3.63, 3.8) is 0 Å². The number of nitrogens with one attached hydrogen (secondary N) is 1. The molecule has 1 aliphatic rings. The number of carbonyl (C=O) groups excluding carboxylic acids is 1. The third-order valence-electron chi connectivity index (χ3n) is 3.92. The molecular formula is C15H23N3O2. The van der Waals surface area contributed by atoms with Gasteiger partial charge in [0.1, 0.15) is 5.82 Å². The second-order valence-corrected chi connectivity index (χ2v) is 5.52. The van der Waals surface area contributed by atoms with Crippen LogP contribution in [0.25, 0.3) is 0 Å². The topological polar surface area (TPSA) is 65.5 Å². The molecule has 2 rings (SSSR count). The van der Waals surface area contributed by atoms with Crippen LogP contribution in [0.4, 0.5) is 5.82 Å². The van der Waals surface area contributed by atoms with E-state index < -0.39 is 6.10 Å². The van der Waals surface area contributed by atoms with Gasteiger partial charge in [0.2, 0.25) is 6.41 Å². The normalized spacial score (nSPS) is 24.9. The van der Waals surface area contributed by atoms with Crippen molar-refractivity contribution < 1.29 is 9.90 Å². The summed E-state index contributed by atoms with van der Waals surface area (Å²) in [5, 5.41) is 13.0. The van der Waals surface area contributed by atoms with Gasteiger partial charge in [-0.2, -0.15) is 0 Å². The van der Waals surface area contributed by atoms with Gasteiger partial charge in [0.15, 0.2) is 0 Å². The molecule has 5 heteroatoms. The SMILES string of the molecule is CC(O)c1cccc(NC2CCC(C)N(C=O)CC2)n1. The Bertz CT molecular complexity index is 450. The number of anilines is 1. The highest BCUT2D eigenvalue weighted by atomic mass is 16.3. The number of rotatable bonds is 4. The number of aliphatic hydroxyl groups is 1. The predicted octanol–water partition coefficient (Wildman–Crippen LogP) is 1.95. The molecule has 0 spiro atoms. The van der Waals surface area contributed by atoms with Gasteiger partial charge in [0.25, 0.3) is 0 Å². The Kier molecular flexibility index (Phi) is 4.95. The average Bonchev–Trinajstić information content (AvgIpc) is 2.61. The number of aromatic nitrogens is 1. The quantitative estimate of drug-likeness (QED) is 0.826. The van der Waals surface area contributed by atoms with E-state index in [9.17, 15) is 9.90 Å². The zero-order chi connectivity index (χ0) is 14.5. The molecule has 0 radical (unpaired) electrons. The zero-order valence-electron chi connectivity index (χ0n) is 12.1. The van der Waals surface area contributed by atoms with Crippen LogP contribution in [0.2, 0.25) is 0 Å². The Morgan fingerprint density at radius 2 is 2.25 bits per heavy atom. The number of carbonyl (C=O) groups is 1. The van der Waals surface area contributed by atoms with E-state index in [1.807, 2.05) is 23.1 Å². The molecule has 0 saturated carbocycles. The summed E-state index contributed by atoms with van der Waals surface area (Å²) in [5.41, 5.74) is 0.673. The summed E-state index contributed by atoms with van der Waals surface area (Å²) >= 11 is 0. The minimum atomic E-state index is -0.559. The van der Waals surface area contributed by atoms with Crippen molar-refractivity contribution in [3.8, 4) is 0 Å². The van der Waals surface area contributed by atoms with E-state index in [2.05, 4.69) is 17.2 Å². The van der Waals surface area contributed by atoms with Gasteiger partial charge in [0, 0.05) is 18.6 Å². The highest BCUT2D eigenvalue weighted by Gasteiger charge is 2.21. The highest BCUT2D eigenvalue weighted by molar-refractivity contribution is 5.47. The number of aliphatic hydroxyl groups excluding tert-OH is 1. The largest absolute Gasteiger partial charge is 0.387 e. The van der Waals surface area contributed by atoms with Crippen LogP contribution in [0, 0.1) is 0 Å². The fraction of sp³-hybridized carbons (Fsp3) is 0.600. The lowest BCUT2D eigenvalue weighted by Crippen LogP contribution is -2.31.